The highest BCUT2D eigenvalue weighted by Crippen LogP contribution is 2.25. The second-order valence-corrected chi connectivity index (χ2v) is 5.39. The summed E-state index contributed by atoms with van der Waals surface area (Å²) in [6, 6.07) is 1.67. The van der Waals surface area contributed by atoms with E-state index in [2.05, 4.69) is 20.5 Å². The molecule has 0 aliphatic carbocycles. The summed E-state index contributed by atoms with van der Waals surface area (Å²) in [5.41, 5.74) is -1.26. The molecule has 0 unspecified atom stereocenters. The van der Waals surface area contributed by atoms with Crippen molar-refractivity contribution in [3.8, 4) is 0 Å². The number of hydrogen-bond donors (Lipinski definition) is 1. The molecule has 0 atom stereocenters. The molecule has 0 radical (unpaired) electrons. The van der Waals surface area contributed by atoms with Gasteiger partial charge >= 0.3 is 0 Å². The van der Waals surface area contributed by atoms with E-state index < -0.39 is 30.1 Å². The van der Waals surface area contributed by atoms with Crippen LogP contribution in [0.3, 0.4) is 0 Å². The maximum atomic E-state index is 13.1. The number of aryl methyl sites for hydroxylation is 1. The molecular weight excluding hydrogens is 356 g/mol. The fraction of sp³-hybridized carbons (Fsp3) is 0.333. The molecule has 3 aromatic heterocycles. The number of halogens is 4. The number of amides is 1. The SMILES string of the molecule is CCn1cc(CNC(=O)c2cc3nc(C(F)F)cc(C(F)F)n3n2)cn1. The van der Waals surface area contributed by atoms with Gasteiger partial charge in [0, 0.05) is 30.9 Å². The Balaban J connectivity index is 1.85. The Hall–Kier alpha value is -2.98. The third kappa shape index (κ3) is 3.51. The molecule has 3 heterocycles. The molecule has 0 fully saturated rings. The lowest BCUT2D eigenvalue weighted by Gasteiger charge is -2.06. The number of hydrogen-bond acceptors (Lipinski definition) is 4. The third-order valence-corrected chi connectivity index (χ3v) is 3.62. The number of fused-ring (bicyclic) bond motifs is 1. The number of alkyl halides is 4. The molecule has 0 saturated heterocycles. The van der Waals surface area contributed by atoms with Crippen molar-refractivity contribution in [2.24, 2.45) is 0 Å². The van der Waals surface area contributed by atoms with Gasteiger partial charge in [-0.1, -0.05) is 0 Å². The molecule has 3 aromatic rings. The second-order valence-electron chi connectivity index (χ2n) is 5.39. The zero-order valence-electron chi connectivity index (χ0n) is 13.5. The number of carbonyl (C=O) groups is 1. The molecule has 3 rings (SSSR count). The van der Waals surface area contributed by atoms with Crippen molar-refractivity contribution in [3.63, 3.8) is 0 Å². The van der Waals surface area contributed by atoms with Gasteiger partial charge in [-0.3, -0.25) is 9.48 Å². The van der Waals surface area contributed by atoms with Crippen LogP contribution in [0, 0.1) is 0 Å². The predicted molar refractivity (Wildman–Crippen MR) is 82.0 cm³/mol. The minimum atomic E-state index is -3.05. The second kappa shape index (κ2) is 7.10. The molecule has 0 saturated carbocycles. The molecule has 1 N–H and O–H groups in total. The summed E-state index contributed by atoms with van der Waals surface area (Å²) in [5.74, 6) is -0.640. The van der Waals surface area contributed by atoms with Crippen LogP contribution in [-0.4, -0.2) is 30.3 Å². The van der Waals surface area contributed by atoms with Gasteiger partial charge in [0.25, 0.3) is 18.8 Å². The Morgan fingerprint density at radius 3 is 2.62 bits per heavy atom. The highest BCUT2D eigenvalue weighted by atomic mass is 19.3. The smallest absolute Gasteiger partial charge is 0.280 e. The molecule has 7 nitrogen and oxygen atoms in total. The molecule has 1 amide bonds. The van der Waals surface area contributed by atoms with E-state index in [4.69, 9.17) is 0 Å². The van der Waals surface area contributed by atoms with Gasteiger partial charge in [0.1, 0.15) is 11.4 Å². The van der Waals surface area contributed by atoms with E-state index in [1.165, 1.54) is 0 Å². The van der Waals surface area contributed by atoms with Crippen LogP contribution in [0.25, 0.3) is 5.65 Å². The molecule has 0 aromatic carbocycles. The van der Waals surface area contributed by atoms with Crippen LogP contribution in [0.4, 0.5) is 17.6 Å². The van der Waals surface area contributed by atoms with Gasteiger partial charge in [0.15, 0.2) is 11.3 Å². The molecule has 0 aliphatic heterocycles. The first-order valence-electron chi connectivity index (χ1n) is 7.65. The summed E-state index contributed by atoms with van der Waals surface area (Å²) in [6.45, 7) is 2.74. The van der Waals surface area contributed by atoms with Crippen LogP contribution in [0.15, 0.2) is 24.5 Å². The Kier molecular flexibility index (Phi) is 4.87. The average molecular weight is 370 g/mol. The van der Waals surface area contributed by atoms with Crippen LogP contribution in [0.5, 0.6) is 0 Å². The number of nitrogens with one attached hydrogen (secondary N) is 1. The lowest BCUT2D eigenvalue weighted by atomic mass is 10.3. The summed E-state index contributed by atoms with van der Waals surface area (Å²) in [5, 5.41) is 10.4. The van der Waals surface area contributed by atoms with E-state index in [1.54, 1.807) is 17.1 Å². The van der Waals surface area contributed by atoms with E-state index in [1.807, 2.05) is 6.92 Å². The van der Waals surface area contributed by atoms with E-state index in [9.17, 15) is 22.4 Å². The average Bonchev–Trinajstić information content (AvgIpc) is 3.24. The molecule has 0 bridgehead atoms. The predicted octanol–water partition coefficient (Wildman–Crippen LogP) is 2.75. The number of aromatic nitrogens is 5. The lowest BCUT2D eigenvalue weighted by molar-refractivity contribution is 0.0944. The first kappa shape index (κ1) is 17.8. The van der Waals surface area contributed by atoms with Gasteiger partial charge in [0.2, 0.25) is 0 Å². The minimum absolute atomic E-state index is 0.157. The Morgan fingerprint density at radius 2 is 2.00 bits per heavy atom. The van der Waals surface area contributed by atoms with E-state index in [0.717, 1.165) is 11.6 Å². The van der Waals surface area contributed by atoms with E-state index in [0.29, 0.717) is 17.1 Å². The molecule has 0 aliphatic rings. The van der Waals surface area contributed by atoms with E-state index in [-0.39, 0.29) is 17.9 Å². The maximum Gasteiger partial charge on any atom is 0.280 e. The summed E-state index contributed by atoms with van der Waals surface area (Å²) in [7, 11) is 0. The van der Waals surface area contributed by atoms with Crippen molar-refractivity contribution in [3.05, 3.63) is 47.2 Å². The maximum absolute atomic E-state index is 13.1. The molecule has 138 valence electrons. The van der Waals surface area contributed by atoms with Crippen LogP contribution in [0.1, 0.15) is 47.2 Å². The first-order valence-corrected chi connectivity index (χ1v) is 7.65. The summed E-state index contributed by atoms with van der Waals surface area (Å²) < 4.78 is 54.2. The van der Waals surface area contributed by atoms with Crippen LogP contribution in [0.2, 0.25) is 0 Å². The minimum Gasteiger partial charge on any atom is -0.346 e. The summed E-state index contributed by atoms with van der Waals surface area (Å²) in [4.78, 5) is 15.8. The molecule has 0 spiro atoms. The number of rotatable bonds is 6. The van der Waals surface area contributed by atoms with Crippen LogP contribution in [-0.2, 0) is 13.1 Å². The van der Waals surface area contributed by atoms with Gasteiger partial charge in [-0.05, 0) is 13.0 Å². The van der Waals surface area contributed by atoms with Crippen LogP contribution < -0.4 is 5.32 Å². The fourth-order valence-corrected chi connectivity index (χ4v) is 2.34. The normalized spacial score (nSPS) is 11.7. The number of nitrogens with zero attached hydrogens (tertiary/aromatic N) is 5. The first-order chi connectivity index (χ1) is 12.4. The van der Waals surface area contributed by atoms with Gasteiger partial charge in [-0.15, -0.1) is 0 Å². The Labute approximate surface area is 144 Å². The van der Waals surface area contributed by atoms with Gasteiger partial charge < -0.3 is 5.32 Å². The highest BCUT2D eigenvalue weighted by molar-refractivity contribution is 5.93. The third-order valence-electron chi connectivity index (χ3n) is 3.62. The van der Waals surface area contributed by atoms with Crippen molar-refractivity contribution < 1.29 is 22.4 Å². The van der Waals surface area contributed by atoms with Crippen molar-refractivity contribution >= 4 is 11.6 Å². The topological polar surface area (TPSA) is 77.1 Å². The highest BCUT2D eigenvalue weighted by Gasteiger charge is 2.22. The largest absolute Gasteiger partial charge is 0.346 e. The molecule has 26 heavy (non-hydrogen) atoms. The molecular formula is C15H14F4N6O. The van der Waals surface area contributed by atoms with Gasteiger partial charge in [0.05, 0.1) is 6.20 Å². The van der Waals surface area contributed by atoms with Gasteiger partial charge in [-0.25, -0.2) is 27.1 Å². The van der Waals surface area contributed by atoms with Crippen molar-refractivity contribution in [2.45, 2.75) is 32.9 Å². The van der Waals surface area contributed by atoms with Crippen molar-refractivity contribution in [2.75, 3.05) is 0 Å². The van der Waals surface area contributed by atoms with Crippen molar-refractivity contribution in [1.82, 2.24) is 29.7 Å². The Morgan fingerprint density at radius 1 is 1.23 bits per heavy atom. The zero-order chi connectivity index (χ0) is 18.8. The number of carbonyl (C=O) groups excluding carboxylic acids is 1. The summed E-state index contributed by atoms with van der Waals surface area (Å²) in [6.07, 6.45) is -2.73. The summed E-state index contributed by atoms with van der Waals surface area (Å²) >= 11 is 0. The van der Waals surface area contributed by atoms with Gasteiger partial charge in [-0.2, -0.15) is 10.2 Å². The monoisotopic (exact) mass is 370 g/mol. The lowest BCUT2D eigenvalue weighted by Crippen LogP contribution is -2.23. The fourth-order valence-electron chi connectivity index (χ4n) is 2.34. The van der Waals surface area contributed by atoms with Crippen molar-refractivity contribution in [1.29, 1.82) is 0 Å². The quantitative estimate of drug-likeness (QED) is 0.677. The standard InChI is InChI=1S/C15H14F4N6O/c1-2-24-7-8(6-21-24)5-20-15(26)10-4-12-22-9(13(16)17)3-11(14(18)19)25(12)23-10/h3-4,6-7,13-14H,2,5H2,1H3,(H,20,26). The van der Waals surface area contributed by atoms with Crippen LogP contribution >= 0.6 is 0 Å². The Bertz CT molecular complexity index is 936. The van der Waals surface area contributed by atoms with E-state index >= 15 is 0 Å². The zero-order valence-corrected chi connectivity index (χ0v) is 13.5. The molecule has 11 heteroatoms.